The lowest BCUT2D eigenvalue weighted by Gasteiger charge is -2.29. The molecule has 0 aromatic heterocycles. The van der Waals surface area contributed by atoms with Crippen LogP contribution in [0.2, 0.25) is 70.3 Å². The van der Waals surface area contributed by atoms with Crippen molar-refractivity contribution in [3.63, 3.8) is 0 Å². The smallest absolute Gasteiger partial charge is 0.0970 e. The van der Waals surface area contributed by atoms with Crippen molar-refractivity contribution in [1.29, 1.82) is 0 Å². The van der Waals surface area contributed by atoms with Crippen LogP contribution in [0.3, 0.4) is 0 Å². The molecule has 0 amide bonds. The largest absolute Gasteiger partial charge is 0.134 e. The van der Waals surface area contributed by atoms with Gasteiger partial charge in [0.1, 0.15) is 0 Å². The molecule has 7 rings (SSSR count). The maximum atomic E-state index is 7.14. The van der Waals surface area contributed by atoms with Crippen molar-refractivity contribution in [3.05, 3.63) is 228 Å². The van der Waals surface area contributed by atoms with Crippen LogP contribution in [0.1, 0.15) is 33.4 Å². The van der Waals surface area contributed by atoms with Gasteiger partial charge in [-0.2, -0.15) is 0 Å². The fourth-order valence-corrected chi connectivity index (χ4v) is 12.1. The molecule has 6 aromatic rings. The molecule has 0 bridgehead atoms. The first-order chi connectivity index (χ1) is 28.3. The normalized spacial score (nSPS) is 12.8. The van der Waals surface area contributed by atoms with Gasteiger partial charge in [0.2, 0.25) is 0 Å². The molecule has 0 aliphatic heterocycles. The van der Waals surface area contributed by atoms with E-state index in [1.807, 2.05) is 24.3 Å². The number of allylic oxidation sites excluding steroid dienone is 5. The fraction of sp³-hybridized carbons (Fsp3) is 0. The fourth-order valence-electron chi connectivity index (χ4n) is 6.71. The zero-order valence-corrected chi connectivity index (χ0v) is 41.4. The van der Waals surface area contributed by atoms with Crippen LogP contribution in [0.15, 0.2) is 113 Å². The van der Waals surface area contributed by atoms with Crippen molar-refractivity contribution in [2.75, 3.05) is 0 Å². The van der Waals surface area contributed by atoms with Crippen molar-refractivity contribution in [2.24, 2.45) is 0 Å². The third-order valence-electron chi connectivity index (χ3n) is 9.14. The lowest BCUT2D eigenvalue weighted by molar-refractivity contribution is 1.23. The molecule has 1 aliphatic rings. The van der Waals surface area contributed by atoms with Gasteiger partial charge in [-0.15, -0.1) is 53.1 Å². The zero-order chi connectivity index (χ0) is 43.5. The Morgan fingerprint density at radius 2 is 0.700 bits per heavy atom. The maximum absolute atomic E-state index is 7.14. The van der Waals surface area contributed by atoms with Gasteiger partial charge in [-0.1, -0.05) is 116 Å². The maximum Gasteiger partial charge on any atom is 0.0970 e. The zero-order valence-electron chi connectivity index (χ0n) is 29.3. The Morgan fingerprint density at radius 1 is 0.367 bits per heavy atom. The first-order valence-electron chi connectivity index (χ1n) is 16.8. The molecule has 0 saturated carbocycles. The summed E-state index contributed by atoms with van der Waals surface area (Å²) in [5.74, 6) is 1.03. The van der Waals surface area contributed by atoms with Crippen molar-refractivity contribution >= 4 is 191 Å². The van der Waals surface area contributed by atoms with Crippen LogP contribution in [-0.2, 0) is 0 Å². The van der Waals surface area contributed by atoms with E-state index in [4.69, 9.17) is 186 Å². The second-order valence-electron chi connectivity index (χ2n) is 12.9. The highest BCUT2D eigenvalue weighted by molar-refractivity contribution is 6.47. The molecule has 6 aromatic carbocycles. The van der Waals surface area contributed by atoms with E-state index in [1.54, 1.807) is 24.3 Å². The predicted molar refractivity (Wildman–Crippen MR) is 265 cm³/mol. The van der Waals surface area contributed by atoms with Crippen LogP contribution in [0, 0.1) is 11.8 Å². The highest BCUT2D eigenvalue weighted by Crippen LogP contribution is 2.52. The topological polar surface area (TPSA) is 0 Å². The predicted octanol–water partition coefficient (Wildman–Crippen LogP) is 21.2. The molecule has 304 valence electrons. The molecule has 0 radical (unpaired) electrons. The minimum absolute atomic E-state index is 0.209. The number of rotatable bonds is 7. The Labute approximate surface area is 425 Å². The summed E-state index contributed by atoms with van der Waals surface area (Å²) in [5, 5.41) is 3.87. The van der Waals surface area contributed by atoms with Gasteiger partial charge < -0.3 is 0 Å². The van der Waals surface area contributed by atoms with Crippen LogP contribution >= 0.6 is 186 Å². The summed E-state index contributed by atoms with van der Waals surface area (Å²) in [5.41, 5.74) is 4.66. The molecular formula is C44H16Cl16. The van der Waals surface area contributed by atoms with Gasteiger partial charge in [-0.3, -0.25) is 0 Å². The first kappa shape index (κ1) is 46.9. The molecule has 60 heavy (non-hydrogen) atoms. The molecule has 0 N–H and O–H groups in total. The molecule has 0 fully saturated rings. The van der Waals surface area contributed by atoms with Crippen LogP contribution in [0.4, 0.5) is 0 Å². The highest BCUT2D eigenvalue weighted by atomic mass is 35.5. The van der Waals surface area contributed by atoms with E-state index in [9.17, 15) is 0 Å². The average Bonchev–Trinajstić information content (AvgIpc) is 3.12. The van der Waals surface area contributed by atoms with E-state index in [-0.39, 0.29) is 60.3 Å². The van der Waals surface area contributed by atoms with E-state index >= 15 is 0 Å². The summed E-state index contributed by atoms with van der Waals surface area (Å²) < 4.78 is 0. The average molecular weight is 1110 g/mol. The minimum Gasteiger partial charge on any atom is -0.134 e. The van der Waals surface area contributed by atoms with Gasteiger partial charge in [0.05, 0.1) is 82.9 Å². The van der Waals surface area contributed by atoms with Crippen molar-refractivity contribution < 1.29 is 0 Å². The molecule has 0 heterocycles. The third kappa shape index (κ3) is 9.49. The molecule has 0 atom stereocenters. The second-order valence-corrected chi connectivity index (χ2v) is 19.6. The molecule has 16 heteroatoms. The van der Waals surface area contributed by atoms with E-state index in [0.717, 1.165) is 11.1 Å². The summed E-state index contributed by atoms with van der Waals surface area (Å²) in [6.07, 6.45) is 3.50. The molecule has 0 spiro atoms. The van der Waals surface area contributed by atoms with Gasteiger partial charge in [-0.05, 0) is 133 Å². The summed E-state index contributed by atoms with van der Waals surface area (Å²) in [4.78, 5) is 0. The molecule has 1 aliphatic carbocycles. The van der Waals surface area contributed by atoms with Crippen molar-refractivity contribution in [1.82, 2.24) is 0 Å². The quantitative estimate of drug-likeness (QED) is 0.110. The second kappa shape index (κ2) is 19.2. The number of benzene rings is 6. The van der Waals surface area contributed by atoms with Crippen LogP contribution in [0.5, 0.6) is 0 Å². The monoisotopic (exact) mass is 1100 g/mol. The minimum atomic E-state index is 0.209. The van der Waals surface area contributed by atoms with Crippen molar-refractivity contribution in [3.8, 4) is 11.1 Å². The Kier molecular flexibility index (Phi) is 15.0. The third-order valence-corrected chi connectivity index (χ3v) is 13.6. The summed E-state index contributed by atoms with van der Waals surface area (Å²) in [6, 6.07) is 23.4. The standard InChI is InChI=1S/C44H16Cl16/c45-21-9-29(53)39(30(54)10-21)43(40-31(55)11-22(46)12-32(40)56)37-25(49)5-19(6-26(37)50)17-2-1-3-18(4-17)20-7-27(51)38(28(52)8-20)44(41-33(57)13-23(47)14-34(41)58)42-35(59)15-24(48)16-36(42)60/h1-16H. The van der Waals surface area contributed by atoms with Gasteiger partial charge in [0.25, 0.3) is 0 Å². The summed E-state index contributed by atoms with van der Waals surface area (Å²) in [6.45, 7) is 0. The van der Waals surface area contributed by atoms with Crippen molar-refractivity contribution in [2.45, 2.75) is 0 Å². The van der Waals surface area contributed by atoms with E-state index in [2.05, 4.69) is 0 Å². The van der Waals surface area contributed by atoms with Crippen LogP contribution in [0.25, 0.3) is 16.7 Å². The van der Waals surface area contributed by atoms with Gasteiger partial charge >= 0.3 is 0 Å². The Balaban J connectivity index is 1.34. The van der Waals surface area contributed by atoms with E-state index in [0.29, 0.717) is 76.5 Å². The van der Waals surface area contributed by atoms with Gasteiger partial charge in [-0.25, -0.2) is 0 Å². The number of hydrogen-bond donors (Lipinski definition) is 0. The van der Waals surface area contributed by atoms with Gasteiger partial charge in [0, 0.05) is 45.4 Å². The number of hydrogen-bond acceptors (Lipinski definition) is 0. The summed E-state index contributed by atoms with van der Waals surface area (Å²) >= 11 is 108. The lowest BCUT2D eigenvalue weighted by Crippen LogP contribution is -2.10. The Hall–Kier alpha value is -1.08. The highest BCUT2D eigenvalue weighted by Gasteiger charge is 2.37. The van der Waals surface area contributed by atoms with Crippen LogP contribution < -0.4 is 0 Å². The Morgan fingerprint density at radius 3 is 1.07 bits per heavy atom. The molecule has 0 unspecified atom stereocenters. The van der Waals surface area contributed by atoms with Crippen LogP contribution in [-0.4, -0.2) is 0 Å². The van der Waals surface area contributed by atoms with Gasteiger partial charge in [0.15, 0.2) is 0 Å². The van der Waals surface area contributed by atoms with E-state index < -0.39 is 0 Å². The number of halogens is 16. The Bertz CT molecular complexity index is 2600. The molecular weight excluding hydrogens is 1100 g/mol. The summed E-state index contributed by atoms with van der Waals surface area (Å²) in [7, 11) is 0. The molecule has 0 nitrogen and oxygen atoms in total. The molecule has 0 saturated heterocycles. The van der Waals surface area contributed by atoms with E-state index in [1.165, 1.54) is 48.5 Å². The lowest BCUT2D eigenvalue weighted by atomic mass is 9.83. The first-order valence-corrected chi connectivity index (χ1v) is 22.8. The SMILES string of the molecule is ClC1=C[C-](c2cccc(-c3cc(Cl)c([C+](c4c(Cl)cc(Cl)cc4Cl)c4c(Cl)cc(Cl)cc4Cl)c(Cl)c3)c2)C=C(Cl)C1=C(c1c(Cl)cc(Cl)cc1Cl)c1c(Cl)cc(Cl)cc1Cl.